The Morgan fingerprint density at radius 1 is 1.13 bits per heavy atom. The average molecular weight is 481 g/mol. The summed E-state index contributed by atoms with van der Waals surface area (Å²) in [5.74, 6) is 0.285. The molecule has 1 aromatic heterocycles. The van der Waals surface area contributed by atoms with Crippen molar-refractivity contribution in [2.24, 2.45) is 0 Å². The van der Waals surface area contributed by atoms with Crippen molar-refractivity contribution in [2.45, 2.75) is 40.5 Å². The number of aryl methyl sites for hydroxylation is 2. The zero-order valence-corrected chi connectivity index (χ0v) is 20.1. The van der Waals surface area contributed by atoms with Crippen LogP contribution < -0.4 is 4.74 Å². The highest BCUT2D eigenvalue weighted by atomic mass is 35.5. The maximum atomic E-state index is 13.0. The molecule has 0 aliphatic carbocycles. The molecule has 0 fully saturated rings. The summed E-state index contributed by atoms with van der Waals surface area (Å²) < 4.78 is 7.74. The topological polar surface area (TPSA) is 47.4 Å². The van der Waals surface area contributed by atoms with Crippen LogP contribution in [0.15, 0.2) is 36.4 Å². The fourth-order valence-corrected chi connectivity index (χ4v) is 4.34. The van der Waals surface area contributed by atoms with Crippen LogP contribution in [-0.4, -0.2) is 27.6 Å². The summed E-state index contributed by atoms with van der Waals surface area (Å²) in [7, 11) is 1.79. The van der Waals surface area contributed by atoms with Crippen LogP contribution in [0.3, 0.4) is 0 Å². The van der Waals surface area contributed by atoms with E-state index in [1.165, 1.54) is 0 Å². The number of hydrogen-bond acceptors (Lipinski definition) is 3. The lowest BCUT2D eigenvalue weighted by atomic mass is 10.1. The first kappa shape index (κ1) is 23.5. The Bertz CT molecular complexity index is 1090. The molecular weight excluding hydrogens is 457 g/mol. The Hall–Kier alpha value is -2.21. The quantitative estimate of drug-likeness (QED) is 0.397. The maximum absolute atomic E-state index is 13.0. The zero-order chi connectivity index (χ0) is 22.7. The molecule has 3 rings (SSSR count). The minimum Gasteiger partial charge on any atom is -0.486 e. The number of hydrogen-bond donors (Lipinski definition) is 0. The summed E-state index contributed by atoms with van der Waals surface area (Å²) >= 11 is 18.3. The summed E-state index contributed by atoms with van der Waals surface area (Å²) in [5, 5.41) is 5.64. The molecule has 3 aromatic rings. The smallest absolute Gasteiger partial charge is 0.253 e. The Morgan fingerprint density at radius 3 is 2.42 bits per heavy atom. The van der Waals surface area contributed by atoms with E-state index in [1.54, 1.807) is 30.1 Å². The first-order valence-corrected chi connectivity index (χ1v) is 11.0. The number of halogens is 3. The van der Waals surface area contributed by atoms with E-state index in [0.29, 0.717) is 32.9 Å². The van der Waals surface area contributed by atoms with Gasteiger partial charge in [-0.05, 0) is 50.6 Å². The van der Waals surface area contributed by atoms with Crippen molar-refractivity contribution >= 4 is 40.7 Å². The second kappa shape index (κ2) is 9.94. The number of carbonyl (C=O) groups is 1. The van der Waals surface area contributed by atoms with Crippen molar-refractivity contribution in [3.8, 4) is 5.75 Å². The standard InChI is InChI=1S/C23H24Cl3N3O2/c1-5-29-15(3)19(14(2)27-29)12-28(4)23(30)17-8-6-7-16(9-17)13-31-22-20(25)10-18(24)11-21(22)26/h6-11H,5,12-13H2,1-4H3. The van der Waals surface area contributed by atoms with Crippen LogP contribution >= 0.6 is 34.8 Å². The van der Waals surface area contributed by atoms with Crippen molar-refractivity contribution in [3.63, 3.8) is 0 Å². The number of benzene rings is 2. The molecule has 0 bridgehead atoms. The Morgan fingerprint density at radius 2 is 1.81 bits per heavy atom. The molecule has 2 aromatic carbocycles. The van der Waals surface area contributed by atoms with Gasteiger partial charge in [0.25, 0.3) is 5.91 Å². The van der Waals surface area contributed by atoms with Gasteiger partial charge in [-0.2, -0.15) is 5.10 Å². The third-order valence-electron chi connectivity index (χ3n) is 5.09. The molecule has 1 heterocycles. The lowest BCUT2D eigenvalue weighted by Gasteiger charge is -2.18. The molecule has 0 spiro atoms. The highest BCUT2D eigenvalue weighted by Crippen LogP contribution is 2.36. The average Bonchev–Trinajstić information content (AvgIpc) is 3.00. The Labute approximate surface area is 197 Å². The van der Waals surface area contributed by atoms with Gasteiger partial charge >= 0.3 is 0 Å². The van der Waals surface area contributed by atoms with E-state index in [4.69, 9.17) is 39.5 Å². The van der Waals surface area contributed by atoms with Gasteiger partial charge in [0.1, 0.15) is 6.61 Å². The molecular formula is C23H24Cl3N3O2. The lowest BCUT2D eigenvalue weighted by molar-refractivity contribution is 0.0784. The monoisotopic (exact) mass is 479 g/mol. The third-order valence-corrected chi connectivity index (χ3v) is 5.87. The molecule has 0 radical (unpaired) electrons. The van der Waals surface area contributed by atoms with Crippen LogP contribution in [0.25, 0.3) is 0 Å². The highest BCUT2D eigenvalue weighted by molar-refractivity contribution is 6.40. The van der Waals surface area contributed by atoms with Gasteiger partial charge in [0, 0.05) is 42.0 Å². The van der Waals surface area contributed by atoms with Gasteiger partial charge in [-0.3, -0.25) is 9.48 Å². The van der Waals surface area contributed by atoms with E-state index in [2.05, 4.69) is 12.0 Å². The fourth-order valence-electron chi connectivity index (χ4n) is 3.42. The molecule has 0 unspecified atom stereocenters. The van der Waals surface area contributed by atoms with E-state index < -0.39 is 0 Å². The van der Waals surface area contributed by atoms with Gasteiger partial charge in [0.15, 0.2) is 5.75 Å². The molecule has 0 saturated carbocycles. The van der Waals surface area contributed by atoms with Gasteiger partial charge in [0.05, 0.1) is 15.7 Å². The van der Waals surface area contributed by atoms with Gasteiger partial charge in [-0.25, -0.2) is 0 Å². The molecule has 5 nitrogen and oxygen atoms in total. The number of carbonyl (C=O) groups excluding carboxylic acids is 1. The van der Waals surface area contributed by atoms with E-state index in [0.717, 1.165) is 29.1 Å². The Kier molecular flexibility index (Phi) is 7.52. The van der Waals surface area contributed by atoms with E-state index in [-0.39, 0.29) is 12.5 Å². The van der Waals surface area contributed by atoms with Gasteiger partial charge in [0.2, 0.25) is 0 Å². The minimum atomic E-state index is -0.0764. The SMILES string of the molecule is CCn1nc(C)c(CN(C)C(=O)c2cccc(COc3c(Cl)cc(Cl)cc3Cl)c2)c1C. The van der Waals surface area contributed by atoms with Crippen LogP contribution in [-0.2, 0) is 19.7 Å². The molecule has 0 atom stereocenters. The summed E-state index contributed by atoms with van der Waals surface area (Å²) in [5.41, 5.74) is 4.50. The van der Waals surface area contributed by atoms with Crippen molar-refractivity contribution < 1.29 is 9.53 Å². The first-order chi connectivity index (χ1) is 14.7. The van der Waals surface area contributed by atoms with E-state index >= 15 is 0 Å². The summed E-state index contributed by atoms with van der Waals surface area (Å²) in [4.78, 5) is 14.7. The summed E-state index contributed by atoms with van der Waals surface area (Å²) in [6.45, 7) is 7.56. The lowest BCUT2D eigenvalue weighted by Crippen LogP contribution is -2.26. The molecule has 31 heavy (non-hydrogen) atoms. The van der Waals surface area contributed by atoms with Gasteiger partial charge in [-0.15, -0.1) is 0 Å². The molecule has 0 saturated heterocycles. The fraction of sp³-hybridized carbons (Fsp3) is 0.304. The largest absolute Gasteiger partial charge is 0.486 e. The first-order valence-electron chi connectivity index (χ1n) is 9.85. The predicted molar refractivity (Wildman–Crippen MR) is 125 cm³/mol. The maximum Gasteiger partial charge on any atom is 0.253 e. The number of amides is 1. The van der Waals surface area contributed by atoms with Crippen molar-refractivity contribution in [1.82, 2.24) is 14.7 Å². The van der Waals surface area contributed by atoms with Crippen molar-refractivity contribution in [1.29, 1.82) is 0 Å². The van der Waals surface area contributed by atoms with Crippen molar-refractivity contribution in [3.05, 3.63) is 79.5 Å². The number of aromatic nitrogens is 2. The number of ether oxygens (including phenoxy) is 1. The Balaban J connectivity index is 1.72. The number of nitrogens with zero attached hydrogens (tertiary/aromatic N) is 3. The van der Waals surface area contributed by atoms with E-state index in [1.807, 2.05) is 36.7 Å². The number of rotatable bonds is 7. The van der Waals surface area contributed by atoms with Crippen LogP contribution in [0, 0.1) is 13.8 Å². The summed E-state index contributed by atoms with van der Waals surface area (Å²) in [6.07, 6.45) is 0. The second-order valence-electron chi connectivity index (χ2n) is 7.31. The van der Waals surface area contributed by atoms with Gasteiger partial charge in [-0.1, -0.05) is 46.9 Å². The van der Waals surface area contributed by atoms with Crippen LogP contribution in [0.1, 0.15) is 39.8 Å². The molecule has 164 valence electrons. The predicted octanol–water partition coefficient (Wildman–Crippen LogP) is 6.33. The molecule has 0 aliphatic heterocycles. The van der Waals surface area contributed by atoms with Crippen LogP contribution in [0.4, 0.5) is 0 Å². The van der Waals surface area contributed by atoms with Crippen LogP contribution in [0.2, 0.25) is 15.1 Å². The highest BCUT2D eigenvalue weighted by Gasteiger charge is 2.18. The third kappa shape index (κ3) is 5.35. The van der Waals surface area contributed by atoms with Crippen LogP contribution in [0.5, 0.6) is 5.75 Å². The van der Waals surface area contributed by atoms with Crippen molar-refractivity contribution in [2.75, 3.05) is 7.05 Å². The van der Waals surface area contributed by atoms with E-state index in [9.17, 15) is 4.79 Å². The molecule has 0 N–H and O–H groups in total. The minimum absolute atomic E-state index is 0.0764. The normalized spacial score (nSPS) is 10.9. The second-order valence-corrected chi connectivity index (χ2v) is 8.56. The summed E-state index contributed by atoms with van der Waals surface area (Å²) in [6, 6.07) is 10.5. The zero-order valence-electron chi connectivity index (χ0n) is 17.9. The molecule has 0 aliphatic rings. The van der Waals surface area contributed by atoms with Gasteiger partial charge < -0.3 is 9.64 Å². The molecule has 1 amide bonds. The molecule has 8 heteroatoms.